The monoisotopic (exact) mass is 272 g/mol. The lowest BCUT2D eigenvalue weighted by molar-refractivity contribution is 0.681. The van der Waals surface area contributed by atoms with E-state index >= 15 is 0 Å². The molecule has 0 aromatic carbocycles. The second kappa shape index (κ2) is 7.61. The molecular weight excluding hydrogens is 248 g/mol. The van der Waals surface area contributed by atoms with E-state index in [1.165, 1.54) is 11.1 Å². The molecule has 0 saturated heterocycles. The Balaban J connectivity index is 2.63. The summed E-state index contributed by atoms with van der Waals surface area (Å²) in [6.07, 6.45) is 11.4. The molecule has 4 nitrogen and oxygen atoms in total. The molecule has 4 heteroatoms. The fourth-order valence-electron chi connectivity index (χ4n) is 1.47. The zero-order valence-electron chi connectivity index (χ0n) is 13.1. The van der Waals surface area contributed by atoms with Crippen LogP contribution in [0.15, 0.2) is 46.8 Å². The summed E-state index contributed by atoms with van der Waals surface area (Å²) in [7, 11) is 0. The summed E-state index contributed by atoms with van der Waals surface area (Å²) < 4.78 is 1.58. The minimum Gasteiger partial charge on any atom is -0.208 e. The first kappa shape index (κ1) is 16.1. The first-order valence-electron chi connectivity index (χ1n) is 6.86. The molecule has 1 aromatic heterocycles. The highest BCUT2D eigenvalue weighted by Gasteiger charge is 2.09. The van der Waals surface area contributed by atoms with Gasteiger partial charge in [0.2, 0.25) is 0 Å². The molecule has 20 heavy (non-hydrogen) atoms. The molecule has 1 aromatic rings. The second-order valence-electron chi connectivity index (χ2n) is 5.80. The molecule has 0 unspecified atom stereocenters. The average Bonchev–Trinajstić information content (AvgIpc) is 2.87. The van der Waals surface area contributed by atoms with Gasteiger partial charge < -0.3 is 0 Å². The highest BCUT2D eigenvalue weighted by Crippen LogP contribution is 2.14. The third-order valence-electron chi connectivity index (χ3n) is 2.69. The minimum atomic E-state index is -0.151. The Labute approximate surface area is 121 Å². The lowest BCUT2D eigenvalue weighted by Crippen LogP contribution is -2.09. The Morgan fingerprint density at radius 2 is 1.90 bits per heavy atom. The van der Waals surface area contributed by atoms with Crippen molar-refractivity contribution in [1.29, 1.82) is 0 Å². The highest BCUT2D eigenvalue weighted by molar-refractivity contribution is 5.67. The van der Waals surface area contributed by atoms with Gasteiger partial charge in [-0.1, -0.05) is 25.5 Å². The van der Waals surface area contributed by atoms with Gasteiger partial charge in [-0.25, -0.2) is 4.68 Å². The van der Waals surface area contributed by atoms with Gasteiger partial charge in [0.05, 0.1) is 0 Å². The van der Waals surface area contributed by atoms with E-state index in [-0.39, 0.29) is 5.41 Å². The van der Waals surface area contributed by atoms with Crippen molar-refractivity contribution in [2.24, 2.45) is 10.5 Å². The number of aromatic nitrogens is 3. The lowest BCUT2D eigenvalue weighted by Gasteiger charge is -2.11. The summed E-state index contributed by atoms with van der Waals surface area (Å²) in [5, 5.41) is 11.7. The maximum atomic E-state index is 4.28. The van der Waals surface area contributed by atoms with Crippen molar-refractivity contribution in [3.05, 3.63) is 41.7 Å². The Kier molecular flexibility index (Phi) is 6.13. The summed E-state index contributed by atoms with van der Waals surface area (Å²) in [6.45, 7) is 10.6. The smallest absolute Gasteiger partial charge is 0.141 e. The average molecular weight is 272 g/mol. The Morgan fingerprint density at radius 3 is 2.50 bits per heavy atom. The van der Waals surface area contributed by atoms with Crippen LogP contribution in [0.1, 0.15) is 47.5 Å². The fraction of sp³-hybridized carbons (Fsp3) is 0.500. The van der Waals surface area contributed by atoms with E-state index in [2.05, 4.69) is 67.8 Å². The van der Waals surface area contributed by atoms with Crippen molar-refractivity contribution in [3.8, 4) is 0 Å². The van der Waals surface area contributed by atoms with Gasteiger partial charge in [0.1, 0.15) is 12.7 Å². The van der Waals surface area contributed by atoms with Crippen LogP contribution in [0.25, 0.3) is 0 Å². The van der Waals surface area contributed by atoms with Gasteiger partial charge in [0.15, 0.2) is 0 Å². The van der Waals surface area contributed by atoms with Gasteiger partial charge in [-0.05, 0) is 45.3 Å². The Hall–Kier alpha value is -1.93. The van der Waals surface area contributed by atoms with E-state index in [9.17, 15) is 0 Å². The van der Waals surface area contributed by atoms with E-state index < -0.39 is 0 Å². The third-order valence-corrected chi connectivity index (χ3v) is 2.69. The van der Waals surface area contributed by atoms with Gasteiger partial charge in [0, 0.05) is 11.6 Å². The van der Waals surface area contributed by atoms with E-state index in [1.54, 1.807) is 17.3 Å². The molecule has 1 heterocycles. The normalized spacial score (nSPS) is 11.2. The van der Waals surface area contributed by atoms with Crippen molar-refractivity contribution in [3.63, 3.8) is 0 Å². The predicted octanol–water partition coefficient (Wildman–Crippen LogP) is 3.99. The molecular formula is C16H24N4. The van der Waals surface area contributed by atoms with Crippen LogP contribution in [0.3, 0.4) is 0 Å². The van der Waals surface area contributed by atoms with Crippen molar-refractivity contribution < 1.29 is 0 Å². The van der Waals surface area contributed by atoms with Crippen LogP contribution < -0.4 is 0 Å². The van der Waals surface area contributed by atoms with E-state index in [4.69, 9.17) is 0 Å². The summed E-state index contributed by atoms with van der Waals surface area (Å²) in [5.41, 5.74) is 5.83. The van der Waals surface area contributed by atoms with Crippen molar-refractivity contribution in [2.45, 2.75) is 47.5 Å². The summed E-state index contributed by atoms with van der Waals surface area (Å²) >= 11 is 0. The maximum Gasteiger partial charge on any atom is 0.141 e. The Morgan fingerprint density at radius 1 is 1.25 bits per heavy atom. The summed E-state index contributed by atoms with van der Waals surface area (Å²) in [6, 6.07) is 0. The largest absolute Gasteiger partial charge is 0.208 e. The molecule has 0 fully saturated rings. The van der Waals surface area contributed by atoms with Crippen molar-refractivity contribution in [1.82, 2.24) is 14.9 Å². The number of nitrogens with zero attached hydrogens (tertiary/aromatic N) is 4. The van der Waals surface area contributed by atoms with Crippen molar-refractivity contribution in [2.75, 3.05) is 0 Å². The van der Waals surface area contributed by atoms with E-state index in [0.29, 0.717) is 0 Å². The first-order valence-corrected chi connectivity index (χ1v) is 6.86. The minimum absolute atomic E-state index is 0.151. The lowest BCUT2D eigenvalue weighted by atomic mass is 9.95. The standard InChI is InChI=1S/C16H24N4/c1-14(2)7-6-8-15(3)9-10-16(4,5)11-19-20-12-17-18-13-20/h7,10-13H,6,8H2,1-5H3/b19-11+. The van der Waals surface area contributed by atoms with E-state index in [1.807, 2.05) is 6.21 Å². The van der Waals surface area contributed by atoms with Crippen LogP contribution in [-0.4, -0.2) is 21.1 Å². The third kappa shape index (κ3) is 6.86. The zero-order valence-corrected chi connectivity index (χ0v) is 13.1. The van der Waals surface area contributed by atoms with Crippen LogP contribution >= 0.6 is 0 Å². The first-order chi connectivity index (χ1) is 9.39. The molecule has 0 saturated carbocycles. The molecule has 0 N–H and O–H groups in total. The number of allylic oxidation sites excluding steroid dienone is 3. The van der Waals surface area contributed by atoms with Gasteiger partial charge in [-0.3, -0.25) is 0 Å². The van der Waals surface area contributed by atoms with Crippen LogP contribution in [-0.2, 0) is 0 Å². The van der Waals surface area contributed by atoms with Gasteiger partial charge in [-0.15, -0.1) is 15.9 Å². The van der Waals surface area contributed by atoms with Crippen LogP contribution in [0.2, 0.25) is 0 Å². The zero-order chi connectivity index (χ0) is 15.0. The SMILES string of the molecule is CC(=C=CC(C)(C)/C=N/n1cnnc1)CCC=C(C)C. The summed E-state index contributed by atoms with van der Waals surface area (Å²) in [4.78, 5) is 0. The molecule has 1 rings (SSSR count). The fourth-order valence-corrected chi connectivity index (χ4v) is 1.47. The van der Waals surface area contributed by atoms with Gasteiger partial charge in [0.25, 0.3) is 0 Å². The van der Waals surface area contributed by atoms with Crippen LogP contribution in [0, 0.1) is 5.41 Å². The number of hydrogen-bond acceptors (Lipinski definition) is 3. The molecule has 0 atom stereocenters. The predicted molar refractivity (Wildman–Crippen MR) is 83.6 cm³/mol. The van der Waals surface area contributed by atoms with Crippen LogP contribution in [0.4, 0.5) is 0 Å². The molecule has 0 aliphatic carbocycles. The maximum absolute atomic E-state index is 4.28. The van der Waals surface area contributed by atoms with Gasteiger partial charge >= 0.3 is 0 Å². The summed E-state index contributed by atoms with van der Waals surface area (Å²) in [5.74, 6) is 0. The quantitative estimate of drug-likeness (QED) is 0.446. The molecule has 0 radical (unpaired) electrons. The van der Waals surface area contributed by atoms with E-state index in [0.717, 1.165) is 12.8 Å². The number of hydrogen-bond donors (Lipinski definition) is 0. The topological polar surface area (TPSA) is 43.1 Å². The Bertz CT molecular complexity index is 523. The molecule has 108 valence electrons. The second-order valence-corrected chi connectivity index (χ2v) is 5.80. The molecule has 0 spiro atoms. The number of rotatable bonds is 6. The van der Waals surface area contributed by atoms with Crippen LogP contribution in [0.5, 0.6) is 0 Å². The molecule has 0 aliphatic heterocycles. The van der Waals surface area contributed by atoms with Gasteiger partial charge in [-0.2, -0.15) is 5.10 Å². The highest BCUT2D eigenvalue weighted by atomic mass is 15.4. The molecule has 0 amide bonds. The van der Waals surface area contributed by atoms with Crippen molar-refractivity contribution >= 4 is 6.21 Å². The molecule has 0 aliphatic rings. The molecule has 0 bridgehead atoms.